The van der Waals surface area contributed by atoms with Gasteiger partial charge < -0.3 is 10.1 Å². The summed E-state index contributed by atoms with van der Waals surface area (Å²) in [4.78, 5) is 0. The first-order valence-corrected chi connectivity index (χ1v) is 5.98. The van der Waals surface area contributed by atoms with Crippen molar-refractivity contribution in [1.82, 2.24) is 5.32 Å². The van der Waals surface area contributed by atoms with E-state index < -0.39 is 11.6 Å². The van der Waals surface area contributed by atoms with Crippen molar-refractivity contribution in [2.45, 2.75) is 19.4 Å². The van der Waals surface area contributed by atoms with Gasteiger partial charge >= 0.3 is 0 Å². The third kappa shape index (κ3) is 3.01. The van der Waals surface area contributed by atoms with E-state index in [2.05, 4.69) is 5.32 Å². The minimum absolute atomic E-state index is 0.0345. The van der Waals surface area contributed by atoms with Crippen molar-refractivity contribution in [3.05, 3.63) is 35.4 Å². The molecule has 0 radical (unpaired) electrons. The highest BCUT2D eigenvalue weighted by Gasteiger charge is 2.27. The first-order valence-electron chi connectivity index (χ1n) is 5.98. The molecule has 4 heteroatoms. The van der Waals surface area contributed by atoms with Crippen LogP contribution in [0.5, 0.6) is 0 Å². The largest absolute Gasteiger partial charge is 0.381 e. The van der Waals surface area contributed by atoms with Gasteiger partial charge in [-0.05, 0) is 30.7 Å². The molecule has 0 bridgehead atoms. The van der Waals surface area contributed by atoms with Crippen LogP contribution in [0.3, 0.4) is 0 Å². The van der Waals surface area contributed by atoms with E-state index in [0.29, 0.717) is 12.2 Å². The number of ether oxygens (including phenoxy) is 1. The maximum Gasteiger partial charge on any atom is 0.126 e. The quantitative estimate of drug-likeness (QED) is 0.875. The molecule has 1 aromatic rings. The van der Waals surface area contributed by atoms with E-state index in [1.165, 1.54) is 12.1 Å². The average molecular weight is 241 g/mol. The van der Waals surface area contributed by atoms with Crippen LogP contribution in [-0.2, 0) is 4.74 Å². The van der Waals surface area contributed by atoms with Crippen LogP contribution in [0.2, 0.25) is 0 Å². The number of hydrogen-bond acceptors (Lipinski definition) is 2. The molecule has 1 N–H and O–H groups in total. The summed E-state index contributed by atoms with van der Waals surface area (Å²) in [6.07, 6.45) is 0.926. The van der Waals surface area contributed by atoms with Crippen molar-refractivity contribution in [2.75, 3.05) is 19.8 Å². The van der Waals surface area contributed by atoms with Gasteiger partial charge in [0, 0.05) is 24.6 Å². The second-order valence-corrected chi connectivity index (χ2v) is 4.36. The molecular weight excluding hydrogens is 224 g/mol. The van der Waals surface area contributed by atoms with Gasteiger partial charge in [-0.1, -0.05) is 6.92 Å². The summed E-state index contributed by atoms with van der Waals surface area (Å²) in [5.41, 5.74) is 0.667. The Labute approximate surface area is 100.0 Å². The van der Waals surface area contributed by atoms with E-state index in [4.69, 9.17) is 4.74 Å². The minimum atomic E-state index is -0.526. The Bertz CT molecular complexity index is 357. The van der Waals surface area contributed by atoms with E-state index in [1.54, 1.807) is 0 Å². The summed E-state index contributed by atoms with van der Waals surface area (Å²) in [7, 11) is 0. The van der Waals surface area contributed by atoms with Crippen LogP contribution >= 0.6 is 0 Å². The number of rotatable bonds is 4. The maximum atomic E-state index is 13.2. The number of hydrogen-bond donors (Lipinski definition) is 1. The molecule has 94 valence electrons. The highest BCUT2D eigenvalue weighted by molar-refractivity contribution is 5.22. The van der Waals surface area contributed by atoms with E-state index in [-0.39, 0.29) is 12.0 Å². The van der Waals surface area contributed by atoms with Gasteiger partial charge in [-0.25, -0.2) is 8.78 Å². The smallest absolute Gasteiger partial charge is 0.126 e. The Balaban J connectivity index is 2.24. The van der Waals surface area contributed by atoms with Crippen LogP contribution in [0.25, 0.3) is 0 Å². The van der Waals surface area contributed by atoms with E-state index in [9.17, 15) is 8.78 Å². The van der Waals surface area contributed by atoms with Gasteiger partial charge in [0.2, 0.25) is 0 Å². The zero-order valence-corrected chi connectivity index (χ0v) is 9.88. The third-order valence-electron chi connectivity index (χ3n) is 3.10. The lowest BCUT2D eigenvalue weighted by Crippen LogP contribution is -2.28. The standard InChI is InChI=1S/C13H17F2NO/c1-2-16-13(9-3-4-17-8-9)10-5-11(14)7-12(15)6-10/h5-7,9,13,16H,2-4,8H2,1H3. The van der Waals surface area contributed by atoms with Crippen molar-refractivity contribution in [1.29, 1.82) is 0 Å². The van der Waals surface area contributed by atoms with Crippen LogP contribution in [0, 0.1) is 17.6 Å². The lowest BCUT2D eigenvalue weighted by atomic mass is 9.92. The van der Waals surface area contributed by atoms with Crippen LogP contribution in [-0.4, -0.2) is 19.8 Å². The topological polar surface area (TPSA) is 21.3 Å². The van der Waals surface area contributed by atoms with Gasteiger partial charge in [0.05, 0.1) is 6.61 Å². The molecule has 0 spiro atoms. The fourth-order valence-electron chi connectivity index (χ4n) is 2.35. The van der Waals surface area contributed by atoms with Crippen LogP contribution < -0.4 is 5.32 Å². The van der Waals surface area contributed by atoms with Crippen LogP contribution in [0.15, 0.2) is 18.2 Å². The third-order valence-corrected chi connectivity index (χ3v) is 3.10. The Morgan fingerprint density at radius 1 is 1.35 bits per heavy atom. The molecule has 1 fully saturated rings. The molecule has 1 aromatic carbocycles. The molecule has 0 aromatic heterocycles. The number of halogens is 2. The zero-order chi connectivity index (χ0) is 12.3. The van der Waals surface area contributed by atoms with E-state index >= 15 is 0 Å². The van der Waals surface area contributed by atoms with Crippen molar-refractivity contribution < 1.29 is 13.5 Å². The second-order valence-electron chi connectivity index (χ2n) is 4.36. The Hall–Kier alpha value is -1.00. The molecule has 17 heavy (non-hydrogen) atoms. The maximum absolute atomic E-state index is 13.2. The van der Waals surface area contributed by atoms with Gasteiger partial charge in [0.25, 0.3) is 0 Å². The zero-order valence-electron chi connectivity index (χ0n) is 9.88. The average Bonchev–Trinajstić information content (AvgIpc) is 2.77. The van der Waals surface area contributed by atoms with E-state index in [1.807, 2.05) is 6.92 Å². The molecule has 2 atom stereocenters. The molecule has 2 unspecified atom stereocenters. The predicted octanol–water partition coefficient (Wildman–Crippen LogP) is 2.65. The first-order chi connectivity index (χ1) is 8.20. The molecule has 0 saturated carbocycles. The summed E-state index contributed by atoms with van der Waals surface area (Å²) >= 11 is 0. The van der Waals surface area contributed by atoms with Crippen molar-refractivity contribution in [3.63, 3.8) is 0 Å². The minimum Gasteiger partial charge on any atom is -0.381 e. The Morgan fingerprint density at radius 2 is 2.06 bits per heavy atom. The highest BCUT2D eigenvalue weighted by Crippen LogP contribution is 2.29. The Morgan fingerprint density at radius 3 is 2.59 bits per heavy atom. The fourth-order valence-corrected chi connectivity index (χ4v) is 2.35. The van der Waals surface area contributed by atoms with Gasteiger partial charge in [-0.2, -0.15) is 0 Å². The summed E-state index contributed by atoms with van der Waals surface area (Å²) in [5, 5.41) is 3.28. The van der Waals surface area contributed by atoms with Crippen LogP contribution in [0.1, 0.15) is 24.9 Å². The lowest BCUT2D eigenvalue weighted by Gasteiger charge is -2.23. The molecule has 0 amide bonds. The highest BCUT2D eigenvalue weighted by atomic mass is 19.1. The Kier molecular flexibility index (Phi) is 4.07. The predicted molar refractivity (Wildman–Crippen MR) is 61.7 cm³/mol. The molecule has 2 rings (SSSR count). The molecule has 0 aliphatic carbocycles. The van der Waals surface area contributed by atoms with Gasteiger partial charge in [-0.3, -0.25) is 0 Å². The molecule has 1 saturated heterocycles. The number of nitrogens with one attached hydrogen (secondary N) is 1. The number of benzene rings is 1. The van der Waals surface area contributed by atoms with Gasteiger partial charge in [-0.15, -0.1) is 0 Å². The van der Waals surface area contributed by atoms with Crippen LogP contribution in [0.4, 0.5) is 8.78 Å². The normalized spacial score (nSPS) is 21.7. The summed E-state index contributed by atoms with van der Waals surface area (Å²) in [6.45, 7) is 4.12. The summed E-state index contributed by atoms with van der Waals surface area (Å²) in [5.74, 6) is -0.764. The molecular formula is C13H17F2NO. The molecule has 2 nitrogen and oxygen atoms in total. The SMILES string of the molecule is CCNC(c1cc(F)cc(F)c1)C1CCOC1. The fraction of sp³-hybridized carbons (Fsp3) is 0.538. The second kappa shape index (κ2) is 5.56. The summed E-state index contributed by atoms with van der Waals surface area (Å²) < 4.78 is 31.8. The van der Waals surface area contributed by atoms with Crippen molar-refractivity contribution in [3.8, 4) is 0 Å². The van der Waals surface area contributed by atoms with Crippen molar-refractivity contribution in [2.24, 2.45) is 5.92 Å². The molecule has 1 aliphatic rings. The van der Waals surface area contributed by atoms with E-state index in [0.717, 1.165) is 25.6 Å². The van der Waals surface area contributed by atoms with Crippen molar-refractivity contribution >= 4 is 0 Å². The lowest BCUT2D eigenvalue weighted by molar-refractivity contribution is 0.177. The van der Waals surface area contributed by atoms with Gasteiger partial charge in [0.1, 0.15) is 11.6 Å². The van der Waals surface area contributed by atoms with Gasteiger partial charge in [0.15, 0.2) is 0 Å². The molecule has 1 heterocycles. The first kappa shape index (κ1) is 12.5. The monoisotopic (exact) mass is 241 g/mol. The molecule has 1 aliphatic heterocycles. The summed E-state index contributed by atoms with van der Waals surface area (Å²) in [6, 6.07) is 3.66.